The largest absolute Gasteiger partial charge is 0.308 e. The third kappa shape index (κ3) is 3.23. The van der Waals surface area contributed by atoms with Crippen molar-refractivity contribution in [2.45, 2.75) is 6.54 Å². The van der Waals surface area contributed by atoms with Crippen LogP contribution < -0.4 is 5.56 Å². The summed E-state index contributed by atoms with van der Waals surface area (Å²) in [4.78, 5) is 17.5. The number of hydrogen-bond donors (Lipinski definition) is 0. The lowest BCUT2D eigenvalue weighted by Crippen LogP contribution is -2.28. The van der Waals surface area contributed by atoms with Crippen molar-refractivity contribution in [2.75, 3.05) is 20.6 Å². The highest BCUT2D eigenvalue weighted by molar-refractivity contribution is 5.57. The lowest BCUT2D eigenvalue weighted by Gasteiger charge is -2.11. The van der Waals surface area contributed by atoms with E-state index in [1.165, 1.54) is 35.3 Å². The van der Waals surface area contributed by atoms with Gasteiger partial charge in [0.2, 0.25) is 0 Å². The van der Waals surface area contributed by atoms with Crippen LogP contribution in [-0.2, 0) is 6.54 Å². The summed E-state index contributed by atoms with van der Waals surface area (Å²) in [7, 11) is 3.82. The first-order valence-electron chi connectivity index (χ1n) is 5.90. The number of rotatable bonds is 4. The van der Waals surface area contributed by atoms with Crippen molar-refractivity contribution in [2.24, 2.45) is 0 Å². The van der Waals surface area contributed by atoms with Gasteiger partial charge >= 0.3 is 0 Å². The molecule has 2 aromatic rings. The van der Waals surface area contributed by atoms with E-state index < -0.39 is 5.82 Å². The average Bonchev–Trinajstić information content (AvgIpc) is 2.38. The minimum atomic E-state index is -0.402. The fourth-order valence-corrected chi connectivity index (χ4v) is 1.61. The van der Waals surface area contributed by atoms with Crippen LogP contribution in [0.3, 0.4) is 0 Å². The molecule has 0 aromatic carbocycles. The van der Waals surface area contributed by atoms with Gasteiger partial charge in [-0.15, -0.1) is 0 Å². The standard InChI is InChI=1S/C13H15FN4O/c1-17(2)7-8-18-13(19)4-3-12(16-18)10-9-15-6-5-11(10)14/h3-6,9H,7-8H2,1-2H3. The molecule has 0 saturated carbocycles. The van der Waals surface area contributed by atoms with Crippen LogP contribution in [-0.4, -0.2) is 40.3 Å². The number of aromatic nitrogens is 3. The lowest BCUT2D eigenvalue weighted by atomic mass is 10.2. The van der Waals surface area contributed by atoms with Crippen molar-refractivity contribution in [1.29, 1.82) is 0 Å². The van der Waals surface area contributed by atoms with E-state index in [0.29, 0.717) is 24.3 Å². The molecule has 6 heteroatoms. The molecule has 0 radical (unpaired) electrons. The van der Waals surface area contributed by atoms with Crippen LogP contribution in [0.25, 0.3) is 11.3 Å². The molecule has 2 rings (SSSR count). The van der Waals surface area contributed by atoms with Crippen molar-refractivity contribution in [3.05, 3.63) is 46.8 Å². The predicted molar refractivity (Wildman–Crippen MR) is 70.2 cm³/mol. The van der Waals surface area contributed by atoms with Crippen molar-refractivity contribution in [1.82, 2.24) is 19.7 Å². The van der Waals surface area contributed by atoms with Gasteiger partial charge < -0.3 is 4.90 Å². The van der Waals surface area contributed by atoms with Gasteiger partial charge in [-0.25, -0.2) is 9.07 Å². The highest BCUT2D eigenvalue weighted by Crippen LogP contribution is 2.17. The first-order chi connectivity index (χ1) is 9.08. The Morgan fingerprint density at radius 2 is 2.11 bits per heavy atom. The third-order valence-corrected chi connectivity index (χ3v) is 2.67. The Bertz CT molecular complexity index is 624. The van der Waals surface area contributed by atoms with Gasteiger partial charge in [0.1, 0.15) is 5.82 Å². The molecule has 0 aliphatic carbocycles. The van der Waals surface area contributed by atoms with Gasteiger partial charge in [-0.3, -0.25) is 9.78 Å². The maximum atomic E-state index is 13.6. The van der Waals surface area contributed by atoms with Gasteiger partial charge in [0.25, 0.3) is 5.56 Å². The van der Waals surface area contributed by atoms with Crippen LogP contribution in [0.2, 0.25) is 0 Å². The summed E-state index contributed by atoms with van der Waals surface area (Å²) in [6, 6.07) is 4.17. The van der Waals surface area contributed by atoms with Crippen molar-refractivity contribution in [3.63, 3.8) is 0 Å². The predicted octanol–water partition coefficient (Wildman–Crippen LogP) is 1.01. The van der Waals surface area contributed by atoms with Gasteiger partial charge in [0, 0.05) is 25.0 Å². The number of nitrogens with zero attached hydrogens (tertiary/aromatic N) is 4. The number of likely N-dealkylation sites (N-methyl/N-ethyl adjacent to an activating group) is 1. The summed E-state index contributed by atoms with van der Waals surface area (Å²) < 4.78 is 15.0. The quantitative estimate of drug-likeness (QED) is 0.825. The molecule has 19 heavy (non-hydrogen) atoms. The van der Waals surface area contributed by atoms with E-state index in [1.807, 2.05) is 19.0 Å². The minimum Gasteiger partial charge on any atom is -0.308 e. The molecule has 0 amide bonds. The van der Waals surface area contributed by atoms with E-state index in [9.17, 15) is 9.18 Å². The molecular weight excluding hydrogens is 247 g/mol. The second-order valence-electron chi connectivity index (χ2n) is 4.44. The van der Waals surface area contributed by atoms with Crippen LogP contribution >= 0.6 is 0 Å². The first-order valence-corrected chi connectivity index (χ1v) is 5.90. The molecule has 0 spiro atoms. The number of hydrogen-bond acceptors (Lipinski definition) is 4. The molecule has 0 unspecified atom stereocenters. The lowest BCUT2D eigenvalue weighted by molar-refractivity contribution is 0.368. The summed E-state index contributed by atoms with van der Waals surface area (Å²) in [6.45, 7) is 1.15. The molecule has 0 bridgehead atoms. The van der Waals surface area contributed by atoms with E-state index in [-0.39, 0.29) is 5.56 Å². The molecule has 0 aliphatic rings. The first kappa shape index (κ1) is 13.4. The van der Waals surface area contributed by atoms with Gasteiger partial charge in [0.15, 0.2) is 0 Å². The van der Waals surface area contributed by atoms with Gasteiger partial charge in [-0.1, -0.05) is 0 Å². The second-order valence-corrected chi connectivity index (χ2v) is 4.44. The van der Waals surface area contributed by atoms with Crippen LogP contribution in [0.5, 0.6) is 0 Å². The Hall–Kier alpha value is -2.08. The molecule has 0 aliphatic heterocycles. The summed E-state index contributed by atoms with van der Waals surface area (Å²) in [5, 5.41) is 4.17. The Kier molecular flexibility index (Phi) is 4.01. The van der Waals surface area contributed by atoms with E-state index >= 15 is 0 Å². The Labute approximate surface area is 110 Å². The van der Waals surface area contributed by atoms with Gasteiger partial charge in [-0.2, -0.15) is 5.10 Å². The van der Waals surface area contributed by atoms with Crippen LogP contribution in [0.1, 0.15) is 0 Å². The maximum absolute atomic E-state index is 13.6. The Morgan fingerprint density at radius 1 is 1.32 bits per heavy atom. The topological polar surface area (TPSA) is 51.0 Å². The Balaban J connectivity index is 2.36. The van der Waals surface area contributed by atoms with Gasteiger partial charge in [0.05, 0.1) is 17.8 Å². The molecule has 2 aromatic heterocycles. The van der Waals surface area contributed by atoms with E-state index in [2.05, 4.69) is 10.1 Å². The van der Waals surface area contributed by atoms with Crippen molar-refractivity contribution < 1.29 is 4.39 Å². The third-order valence-electron chi connectivity index (χ3n) is 2.67. The van der Waals surface area contributed by atoms with Crippen molar-refractivity contribution >= 4 is 0 Å². The fourth-order valence-electron chi connectivity index (χ4n) is 1.61. The SMILES string of the molecule is CN(C)CCn1nc(-c2cnccc2F)ccc1=O. The summed E-state index contributed by atoms with van der Waals surface area (Å²) in [6.07, 6.45) is 2.78. The van der Waals surface area contributed by atoms with Crippen molar-refractivity contribution in [3.8, 4) is 11.3 Å². The zero-order chi connectivity index (χ0) is 13.8. The zero-order valence-electron chi connectivity index (χ0n) is 10.9. The molecule has 0 atom stereocenters. The van der Waals surface area contributed by atoms with Gasteiger partial charge in [-0.05, 0) is 26.2 Å². The minimum absolute atomic E-state index is 0.199. The number of halogens is 1. The Morgan fingerprint density at radius 3 is 2.79 bits per heavy atom. The highest BCUT2D eigenvalue weighted by atomic mass is 19.1. The fraction of sp³-hybridized carbons (Fsp3) is 0.308. The average molecular weight is 262 g/mol. The molecule has 0 N–H and O–H groups in total. The molecule has 100 valence electrons. The van der Waals surface area contributed by atoms with E-state index in [1.54, 1.807) is 0 Å². The molecule has 2 heterocycles. The van der Waals surface area contributed by atoms with Crippen LogP contribution in [0.4, 0.5) is 4.39 Å². The molecule has 5 nitrogen and oxygen atoms in total. The molecule has 0 saturated heterocycles. The monoisotopic (exact) mass is 262 g/mol. The van der Waals surface area contributed by atoms with E-state index in [0.717, 1.165) is 0 Å². The molecular formula is C13H15FN4O. The smallest absolute Gasteiger partial charge is 0.266 e. The summed E-state index contributed by atoms with van der Waals surface area (Å²) in [5.41, 5.74) is 0.500. The van der Waals surface area contributed by atoms with Crippen LogP contribution in [0, 0.1) is 5.82 Å². The number of pyridine rings is 1. The summed E-state index contributed by atoms with van der Waals surface area (Å²) in [5.74, 6) is -0.402. The summed E-state index contributed by atoms with van der Waals surface area (Å²) >= 11 is 0. The normalized spacial score (nSPS) is 10.9. The molecule has 0 fully saturated rings. The van der Waals surface area contributed by atoms with Crippen LogP contribution in [0.15, 0.2) is 35.4 Å². The second kappa shape index (κ2) is 5.71. The highest BCUT2D eigenvalue weighted by Gasteiger charge is 2.08. The zero-order valence-corrected chi connectivity index (χ0v) is 10.9. The van der Waals surface area contributed by atoms with E-state index in [4.69, 9.17) is 0 Å². The maximum Gasteiger partial charge on any atom is 0.266 e.